The lowest BCUT2D eigenvalue weighted by Gasteiger charge is -2.25. The van der Waals surface area contributed by atoms with Crippen molar-refractivity contribution >= 4 is 27.7 Å². The monoisotopic (exact) mass is 364 g/mol. The second-order valence-electron chi connectivity index (χ2n) is 6.55. The van der Waals surface area contributed by atoms with Crippen LogP contribution in [0.25, 0.3) is 0 Å². The molecule has 23 heavy (non-hydrogen) atoms. The number of thioether (sulfide) groups is 1. The summed E-state index contributed by atoms with van der Waals surface area (Å²) in [6.07, 6.45) is 5.57. The number of aliphatic imine (C=N–C) groups is 1. The Labute approximate surface area is 145 Å². The summed E-state index contributed by atoms with van der Waals surface area (Å²) in [5.41, 5.74) is 0. The van der Waals surface area contributed by atoms with Crippen molar-refractivity contribution < 1.29 is 8.42 Å². The fourth-order valence-electron chi connectivity index (χ4n) is 1.99. The van der Waals surface area contributed by atoms with Crippen LogP contribution in [-0.2, 0) is 10.0 Å². The summed E-state index contributed by atoms with van der Waals surface area (Å²) in [6.45, 7) is 8.63. The van der Waals surface area contributed by atoms with Gasteiger partial charge in [0.25, 0.3) is 0 Å². The maximum atomic E-state index is 12.0. The van der Waals surface area contributed by atoms with Gasteiger partial charge in [-0.25, -0.2) is 13.1 Å². The summed E-state index contributed by atoms with van der Waals surface area (Å²) in [7, 11) is -3.21. The average Bonchev–Trinajstić information content (AvgIpc) is 2.43. The largest absolute Gasteiger partial charge is 0.357 e. The molecule has 0 unspecified atom stereocenters. The Bertz CT molecular complexity index is 474. The molecule has 0 spiro atoms. The van der Waals surface area contributed by atoms with E-state index in [1.165, 1.54) is 6.42 Å². The van der Waals surface area contributed by atoms with E-state index in [2.05, 4.69) is 40.5 Å². The van der Waals surface area contributed by atoms with Gasteiger partial charge in [-0.05, 0) is 45.8 Å². The van der Waals surface area contributed by atoms with Gasteiger partial charge >= 0.3 is 0 Å². The minimum absolute atomic E-state index is 0.0655. The van der Waals surface area contributed by atoms with Crippen molar-refractivity contribution in [3.05, 3.63) is 0 Å². The zero-order valence-corrected chi connectivity index (χ0v) is 16.4. The van der Waals surface area contributed by atoms with Gasteiger partial charge in [0.05, 0.1) is 12.3 Å². The van der Waals surface area contributed by atoms with Crippen LogP contribution in [0.3, 0.4) is 0 Å². The number of hydrogen-bond donors (Lipinski definition) is 3. The van der Waals surface area contributed by atoms with E-state index in [0.29, 0.717) is 31.5 Å². The molecule has 1 aliphatic carbocycles. The van der Waals surface area contributed by atoms with Crippen molar-refractivity contribution in [2.45, 2.75) is 44.8 Å². The second kappa shape index (κ2) is 9.74. The van der Waals surface area contributed by atoms with E-state index < -0.39 is 10.0 Å². The number of guanidine groups is 1. The minimum Gasteiger partial charge on any atom is -0.357 e. The highest BCUT2D eigenvalue weighted by molar-refractivity contribution is 7.99. The summed E-state index contributed by atoms with van der Waals surface area (Å²) in [4.78, 5) is 4.53. The van der Waals surface area contributed by atoms with Crippen LogP contribution < -0.4 is 15.4 Å². The molecule has 1 saturated carbocycles. The van der Waals surface area contributed by atoms with Crippen molar-refractivity contribution in [2.24, 2.45) is 10.9 Å². The first-order chi connectivity index (χ1) is 10.8. The molecule has 1 fully saturated rings. The molecule has 6 nitrogen and oxygen atoms in total. The van der Waals surface area contributed by atoms with Crippen molar-refractivity contribution in [3.8, 4) is 0 Å². The summed E-state index contributed by atoms with van der Waals surface area (Å²) >= 11 is 1.76. The van der Waals surface area contributed by atoms with E-state index in [1.807, 2.05) is 6.92 Å². The first-order valence-corrected chi connectivity index (χ1v) is 11.2. The Kier molecular flexibility index (Phi) is 8.71. The van der Waals surface area contributed by atoms with Crippen molar-refractivity contribution in [3.63, 3.8) is 0 Å². The number of nitrogens with one attached hydrogen (secondary N) is 3. The molecule has 8 heteroatoms. The molecule has 3 N–H and O–H groups in total. The average molecular weight is 365 g/mol. The van der Waals surface area contributed by atoms with Crippen molar-refractivity contribution in [1.29, 1.82) is 0 Å². The molecule has 0 amide bonds. The van der Waals surface area contributed by atoms with Crippen LogP contribution in [0.2, 0.25) is 0 Å². The highest BCUT2D eigenvalue weighted by atomic mass is 32.2. The highest BCUT2D eigenvalue weighted by Crippen LogP contribution is 2.25. The molecule has 0 saturated heterocycles. The lowest BCUT2D eigenvalue weighted by Crippen LogP contribution is -2.42. The molecule has 0 heterocycles. The summed E-state index contributed by atoms with van der Waals surface area (Å²) in [5.74, 6) is 1.27. The van der Waals surface area contributed by atoms with Gasteiger partial charge in [0.15, 0.2) is 5.96 Å². The van der Waals surface area contributed by atoms with Gasteiger partial charge in [0.1, 0.15) is 0 Å². The van der Waals surface area contributed by atoms with Crippen LogP contribution in [0.1, 0.15) is 40.0 Å². The third-order valence-corrected chi connectivity index (χ3v) is 6.58. The van der Waals surface area contributed by atoms with Crippen molar-refractivity contribution in [1.82, 2.24) is 15.4 Å². The topological polar surface area (TPSA) is 82.6 Å². The lowest BCUT2D eigenvalue weighted by atomic mass is 9.86. The standard InChI is InChI=1S/C15H32N4O2S2/c1-5-16-14(18-12-15(2,3)22-4)17-9-10-23(20,21)19-11-13-7-6-8-13/h13,19H,5-12H2,1-4H3,(H2,16,17,18). The van der Waals surface area contributed by atoms with Crippen LogP contribution >= 0.6 is 11.8 Å². The molecular formula is C15H32N4O2S2. The van der Waals surface area contributed by atoms with Crippen LogP contribution in [0.5, 0.6) is 0 Å². The summed E-state index contributed by atoms with van der Waals surface area (Å²) in [5, 5.41) is 6.25. The highest BCUT2D eigenvalue weighted by Gasteiger charge is 2.20. The minimum atomic E-state index is -3.21. The molecule has 136 valence electrons. The summed E-state index contributed by atoms with van der Waals surface area (Å²) < 4.78 is 26.7. The molecule has 0 radical (unpaired) electrons. The Morgan fingerprint density at radius 3 is 2.52 bits per heavy atom. The Morgan fingerprint density at radius 1 is 1.30 bits per heavy atom. The number of nitrogens with zero attached hydrogens (tertiary/aromatic N) is 1. The zero-order valence-electron chi connectivity index (χ0n) is 14.8. The van der Waals surface area contributed by atoms with E-state index in [0.717, 1.165) is 19.4 Å². The van der Waals surface area contributed by atoms with Crippen molar-refractivity contribution in [2.75, 3.05) is 38.2 Å². The maximum absolute atomic E-state index is 12.0. The lowest BCUT2D eigenvalue weighted by molar-refractivity contribution is 0.316. The van der Waals surface area contributed by atoms with E-state index in [1.54, 1.807) is 11.8 Å². The molecular weight excluding hydrogens is 332 g/mol. The number of hydrogen-bond acceptors (Lipinski definition) is 4. The Balaban J connectivity index is 2.37. The molecule has 0 aliphatic heterocycles. The van der Waals surface area contributed by atoms with E-state index in [9.17, 15) is 8.42 Å². The maximum Gasteiger partial charge on any atom is 0.213 e. The first-order valence-electron chi connectivity index (χ1n) is 8.32. The fraction of sp³-hybridized carbons (Fsp3) is 0.933. The third kappa shape index (κ3) is 8.81. The molecule has 1 rings (SSSR count). The van der Waals surface area contributed by atoms with Gasteiger partial charge in [-0.15, -0.1) is 0 Å². The molecule has 0 aromatic rings. The van der Waals surface area contributed by atoms with Gasteiger partial charge in [0, 0.05) is 24.4 Å². The van der Waals surface area contributed by atoms with Crippen LogP contribution in [0.4, 0.5) is 0 Å². The van der Waals surface area contributed by atoms with Gasteiger partial charge in [-0.2, -0.15) is 11.8 Å². The first kappa shape index (κ1) is 20.6. The molecule has 0 aromatic heterocycles. The number of sulfonamides is 1. The Hall–Kier alpha value is -0.470. The Morgan fingerprint density at radius 2 is 2.00 bits per heavy atom. The fourth-order valence-corrected chi connectivity index (χ4v) is 3.19. The SMILES string of the molecule is CCNC(=NCC(C)(C)SC)NCCS(=O)(=O)NCC1CCC1. The summed E-state index contributed by atoms with van der Waals surface area (Å²) in [6, 6.07) is 0. The molecule has 0 atom stereocenters. The molecule has 0 aromatic carbocycles. The number of rotatable bonds is 10. The normalized spacial score (nSPS) is 17.0. The predicted molar refractivity (Wildman–Crippen MR) is 101 cm³/mol. The molecule has 0 bridgehead atoms. The van der Waals surface area contributed by atoms with Gasteiger partial charge in [-0.3, -0.25) is 4.99 Å². The third-order valence-electron chi connectivity index (χ3n) is 3.99. The van der Waals surface area contributed by atoms with Gasteiger partial charge in [0.2, 0.25) is 10.0 Å². The van der Waals surface area contributed by atoms with Gasteiger partial charge < -0.3 is 10.6 Å². The van der Waals surface area contributed by atoms with E-state index >= 15 is 0 Å². The van der Waals surface area contributed by atoms with Crippen LogP contribution in [0, 0.1) is 5.92 Å². The van der Waals surface area contributed by atoms with E-state index in [4.69, 9.17) is 0 Å². The smallest absolute Gasteiger partial charge is 0.213 e. The quantitative estimate of drug-likeness (QED) is 0.403. The predicted octanol–water partition coefficient (Wildman–Crippen LogP) is 1.40. The zero-order chi connectivity index (χ0) is 17.3. The molecule has 1 aliphatic rings. The van der Waals surface area contributed by atoms with E-state index in [-0.39, 0.29) is 10.5 Å². The second-order valence-corrected chi connectivity index (χ2v) is 9.99. The van der Waals surface area contributed by atoms with Crippen LogP contribution in [-0.4, -0.2) is 57.3 Å². The van der Waals surface area contributed by atoms with Gasteiger partial charge in [-0.1, -0.05) is 6.42 Å². The van der Waals surface area contributed by atoms with Crippen LogP contribution in [0.15, 0.2) is 4.99 Å².